The number of nitriles is 1. The number of rotatable bonds is 3. The molecule has 3 nitrogen and oxygen atoms in total. The van der Waals surface area contributed by atoms with Crippen molar-refractivity contribution in [2.75, 3.05) is 5.32 Å². The topological polar surface area (TPSA) is 52.9 Å². The van der Waals surface area contributed by atoms with Crippen molar-refractivity contribution in [1.82, 2.24) is 0 Å². The van der Waals surface area contributed by atoms with Crippen LogP contribution in [0.2, 0.25) is 10.0 Å². The van der Waals surface area contributed by atoms with Crippen molar-refractivity contribution in [1.29, 1.82) is 5.26 Å². The molecular weight excluding hydrogens is 343 g/mol. The third-order valence-electron chi connectivity index (χ3n) is 3.59. The number of nitrogens with one attached hydrogen (secondary N) is 1. The minimum Gasteiger partial charge on any atom is -0.320 e. The lowest BCUT2D eigenvalue weighted by Crippen LogP contribution is -2.14. The molecule has 0 aromatic heterocycles. The number of halogens is 2. The van der Waals surface area contributed by atoms with E-state index in [1.54, 1.807) is 24.3 Å². The highest BCUT2D eigenvalue weighted by Gasteiger charge is 2.14. The summed E-state index contributed by atoms with van der Waals surface area (Å²) in [6.45, 7) is 5.91. The summed E-state index contributed by atoms with van der Waals surface area (Å²) in [6.07, 6.45) is 1.60. The number of carbonyl (C=O) groups is 1. The van der Waals surface area contributed by atoms with Crippen molar-refractivity contribution in [2.45, 2.75) is 20.8 Å². The minimum atomic E-state index is -0.527. The van der Waals surface area contributed by atoms with Crippen LogP contribution < -0.4 is 5.32 Å². The molecule has 2 rings (SSSR count). The maximum Gasteiger partial charge on any atom is 0.266 e. The van der Waals surface area contributed by atoms with Crippen molar-refractivity contribution >= 4 is 40.9 Å². The Labute approximate surface area is 151 Å². The third-order valence-corrected chi connectivity index (χ3v) is 4.41. The fourth-order valence-electron chi connectivity index (χ4n) is 2.50. The van der Waals surface area contributed by atoms with Crippen LogP contribution in [-0.4, -0.2) is 5.91 Å². The standard InChI is InChI=1S/C19H16Cl2N2O/c1-11-7-12(2)15(13(3)8-11)9-14(10-22)19(24)23-17-6-4-5-16(20)18(17)21/h4-9H,1-3H3,(H,23,24)/b14-9+. The molecule has 122 valence electrons. The van der Waals surface area contributed by atoms with E-state index in [-0.39, 0.29) is 10.6 Å². The van der Waals surface area contributed by atoms with E-state index >= 15 is 0 Å². The molecule has 0 atom stereocenters. The molecule has 0 aliphatic rings. The zero-order valence-electron chi connectivity index (χ0n) is 13.6. The molecule has 0 unspecified atom stereocenters. The highest BCUT2D eigenvalue weighted by Crippen LogP contribution is 2.30. The largest absolute Gasteiger partial charge is 0.320 e. The molecule has 0 bridgehead atoms. The van der Waals surface area contributed by atoms with Gasteiger partial charge < -0.3 is 5.32 Å². The first-order chi connectivity index (χ1) is 11.3. The summed E-state index contributed by atoms with van der Waals surface area (Å²) in [5.41, 5.74) is 4.39. The molecule has 1 amide bonds. The number of hydrogen-bond acceptors (Lipinski definition) is 2. The number of hydrogen-bond donors (Lipinski definition) is 1. The second-order valence-electron chi connectivity index (χ2n) is 5.54. The molecule has 2 aromatic carbocycles. The van der Waals surface area contributed by atoms with E-state index in [0.717, 1.165) is 22.3 Å². The molecule has 2 aromatic rings. The van der Waals surface area contributed by atoms with Gasteiger partial charge in [-0.05, 0) is 55.7 Å². The van der Waals surface area contributed by atoms with Gasteiger partial charge in [0.05, 0.1) is 15.7 Å². The second kappa shape index (κ2) is 7.53. The summed E-state index contributed by atoms with van der Waals surface area (Å²) in [7, 11) is 0. The molecular formula is C19H16Cl2N2O. The quantitative estimate of drug-likeness (QED) is 0.584. The first kappa shape index (κ1) is 18.1. The summed E-state index contributed by atoms with van der Waals surface area (Å²) >= 11 is 12.0. The fourth-order valence-corrected chi connectivity index (χ4v) is 2.85. The average Bonchev–Trinajstić information content (AvgIpc) is 2.51. The van der Waals surface area contributed by atoms with Gasteiger partial charge in [0.15, 0.2) is 0 Å². The summed E-state index contributed by atoms with van der Waals surface area (Å²) in [6, 6.07) is 10.9. The van der Waals surface area contributed by atoms with Gasteiger partial charge in [-0.25, -0.2) is 0 Å². The Kier molecular flexibility index (Phi) is 5.66. The monoisotopic (exact) mass is 358 g/mol. The molecule has 5 heteroatoms. The second-order valence-corrected chi connectivity index (χ2v) is 6.32. The van der Waals surface area contributed by atoms with Crippen LogP contribution in [-0.2, 0) is 4.79 Å². The molecule has 0 heterocycles. The van der Waals surface area contributed by atoms with Crippen LogP contribution in [0.3, 0.4) is 0 Å². The average molecular weight is 359 g/mol. The minimum absolute atomic E-state index is 0.00101. The van der Waals surface area contributed by atoms with Crippen molar-refractivity contribution in [2.24, 2.45) is 0 Å². The SMILES string of the molecule is Cc1cc(C)c(/C=C(\C#N)C(=O)Nc2cccc(Cl)c2Cl)c(C)c1. The van der Waals surface area contributed by atoms with Crippen molar-refractivity contribution < 1.29 is 4.79 Å². The maximum atomic E-state index is 12.4. The van der Waals surface area contributed by atoms with E-state index in [9.17, 15) is 10.1 Å². The van der Waals surface area contributed by atoms with Gasteiger partial charge in [-0.15, -0.1) is 0 Å². The Bertz CT molecular complexity index is 856. The van der Waals surface area contributed by atoms with Gasteiger partial charge >= 0.3 is 0 Å². The van der Waals surface area contributed by atoms with Gasteiger partial charge in [-0.2, -0.15) is 5.26 Å². The Hall–Kier alpha value is -2.28. The van der Waals surface area contributed by atoms with Crippen molar-refractivity contribution in [3.05, 3.63) is 68.2 Å². The predicted octanol–water partition coefficient (Wildman–Crippen LogP) is 5.46. The van der Waals surface area contributed by atoms with Crippen molar-refractivity contribution in [3.63, 3.8) is 0 Å². The lowest BCUT2D eigenvalue weighted by Gasteiger charge is -2.10. The van der Waals surface area contributed by atoms with Gasteiger partial charge in [0.1, 0.15) is 11.6 Å². The van der Waals surface area contributed by atoms with Gasteiger partial charge in [0.25, 0.3) is 5.91 Å². The van der Waals surface area contributed by atoms with E-state index in [1.165, 1.54) is 0 Å². The van der Waals surface area contributed by atoms with E-state index in [4.69, 9.17) is 23.2 Å². The molecule has 0 radical (unpaired) electrons. The Morgan fingerprint density at radius 2 is 1.79 bits per heavy atom. The molecule has 0 fully saturated rings. The molecule has 24 heavy (non-hydrogen) atoms. The van der Waals surface area contributed by atoms with Crippen LogP contribution in [0.15, 0.2) is 35.9 Å². The molecule has 0 aliphatic carbocycles. The van der Waals surface area contributed by atoms with Gasteiger partial charge in [-0.3, -0.25) is 4.79 Å². The molecule has 0 saturated heterocycles. The van der Waals surface area contributed by atoms with Gasteiger partial charge in [0, 0.05) is 0 Å². The summed E-state index contributed by atoms with van der Waals surface area (Å²) < 4.78 is 0. The third kappa shape index (κ3) is 3.97. The highest BCUT2D eigenvalue weighted by atomic mass is 35.5. The number of amides is 1. The van der Waals surface area contributed by atoms with Crippen LogP contribution in [0.25, 0.3) is 6.08 Å². The fraction of sp³-hybridized carbons (Fsp3) is 0.158. The first-order valence-corrected chi connectivity index (χ1v) is 8.04. The maximum absolute atomic E-state index is 12.4. The number of carbonyl (C=O) groups excluding carboxylic acids is 1. The van der Waals surface area contributed by atoms with Crippen LogP contribution in [0, 0.1) is 32.1 Å². The smallest absolute Gasteiger partial charge is 0.266 e. The van der Waals surface area contributed by atoms with Crippen LogP contribution in [0.5, 0.6) is 0 Å². The van der Waals surface area contributed by atoms with Crippen molar-refractivity contribution in [3.8, 4) is 6.07 Å². The Morgan fingerprint density at radius 1 is 1.17 bits per heavy atom. The number of aryl methyl sites for hydroxylation is 3. The van der Waals surface area contributed by atoms with E-state index in [0.29, 0.717) is 10.7 Å². The summed E-state index contributed by atoms with van der Waals surface area (Å²) in [5, 5.41) is 12.6. The molecule has 1 N–H and O–H groups in total. The molecule has 0 aliphatic heterocycles. The van der Waals surface area contributed by atoms with Gasteiger partial charge in [-0.1, -0.05) is 47.0 Å². The number of anilines is 1. The van der Waals surface area contributed by atoms with Crippen LogP contribution in [0.1, 0.15) is 22.3 Å². The van der Waals surface area contributed by atoms with E-state index in [1.807, 2.05) is 39.0 Å². The van der Waals surface area contributed by atoms with Crippen LogP contribution in [0.4, 0.5) is 5.69 Å². The number of benzene rings is 2. The molecule has 0 spiro atoms. The van der Waals surface area contributed by atoms with E-state index < -0.39 is 5.91 Å². The highest BCUT2D eigenvalue weighted by molar-refractivity contribution is 6.44. The van der Waals surface area contributed by atoms with Crippen LogP contribution >= 0.6 is 23.2 Å². The number of nitrogens with zero attached hydrogens (tertiary/aromatic N) is 1. The predicted molar refractivity (Wildman–Crippen MR) is 99.3 cm³/mol. The lowest BCUT2D eigenvalue weighted by atomic mass is 9.98. The first-order valence-electron chi connectivity index (χ1n) is 7.28. The summed E-state index contributed by atoms with van der Waals surface area (Å²) in [4.78, 5) is 12.4. The Morgan fingerprint density at radius 3 is 2.38 bits per heavy atom. The van der Waals surface area contributed by atoms with E-state index in [2.05, 4.69) is 5.32 Å². The molecule has 0 saturated carbocycles. The zero-order chi connectivity index (χ0) is 17.9. The van der Waals surface area contributed by atoms with Gasteiger partial charge in [0.2, 0.25) is 0 Å². The lowest BCUT2D eigenvalue weighted by molar-refractivity contribution is -0.112. The zero-order valence-corrected chi connectivity index (χ0v) is 15.1. The Balaban J connectivity index is 2.37. The normalized spacial score (nSPS) is 11.1. The summed E-state index contributed by atoms with van der Waals surface area (Å²) in [5.74, 6) is -0.527.